The van der Waals surface area contributed by atoms with E-state index in [4.69, 9.17) is 14.2 Å². The minimum atomic E-state index is -0.290. The second-order valence-electron chi connectivity index (χ2n) is 5.41. The van der Waals surface area contributed by atoms with Crippen LogP contribution in [0.5, 0.6) is 17.2 Å². The van der Waals surface area contributed by atoms with Crippen molar-refractivity contribution < 1.29 is 19.0 Å². The van der Waals surface area contributed by atoms with Crippen molar-refractivity contribution in [2.24, 2.45) is 0 Å². The number of thiazole rings is 1. The van der Waals surface area contributed by atoms with Crippen LogP contribution < -0.4 is 19.5 Å². The molecular formula is C19H17BrN2O4S. The van der Waals surface area contributed by atoms with E-state index >= 15 is 0 Å². The molecule has 1 amide bonds. The second-order valence-corrected chi connectivity index (χ2v) is 7.18. The van der Waals surface area contributed by atoms with Crippen molar-refractivity contribution in [3.05, 3.63) is 51.8 Å². The van der Waals surface area contributed by atoms with Crippen LogP contribution >= 0.6 is 27.3 Å². The van der Waals surface area contributed by atoms with Crippen LogP contribution in [0.4, 0.5) is 5.13 Å². The topological polar surface area (TPSA) is 69.7 Å². The largest absolute Gasteiger partial charge is 0.496 e. The van der Waals surface area contributed by atoms with E-state index < -0.39 is 0 Å². The number of aromatic nitrogens is 1. The van der Waals surface area contributed by atoms with Crippen LogP contribution in [0, 0.1) is 0 Å². The van der Waals surface area contributed by atoms with E-state index in [-0.39, 0.29) is 5.91 Å². The van der Waals surface area contributed by atoms with E-state index in [1.54, 1.807) is 26.4 Å². The van der Waals surface area contributed by atoms with Crippen molar-refractivity contribution in [2.45, 2.75) is 0 Å². The summed E-state index contributed by atoms with van der Waals surface area (Å²) in [5.41, 5.74) is 2.02. The summed E-state index contributed by atoms with van der Waals surface area (Å²) in [5, 5.41) is 5.18. The predicted octanol–water partition coefficient (Wildman–Crippen LogP) is 4.85. The lowest BCUT2D eigenvalue weighted by atomic mass is 10.1. The van der Waals surface area contributed by atoms with Gasteiger partial charge in [0.2, 0.25) is 0 Å². The summed E-state index contributed by atoms with van der Waals surface area (Å²) in [6.45, 7) is 0. The van der Waals surface area contributed by atoms with E-state index in [0.29, 0.717) is 27.9 Å². The zero-order valence-electron chi connectivity index (χ0n) is 14.9. The zero-order chi connectivity index (χ0) is 19.4. The van der Waals surface area contributed by atoms with Crippen LogP contribution in [0.1, 0.15) is 10.4 Å². The molecule has 0 radical (unpaired) electrons. The summed E-state index contributed by atoms with van der Waals surface area (Å²) < 4.78 is 16.6. The first-order valence-corrected chi connectivity index (χ1v) is 9.55. The van der Waals surface area contributed by atoms with Gasteiger partial charge >= 0.3 is 0 Å². The number of carbonyl (C=O) groups excluding carboxylic acids is 1. The molecule has 1 aromatic heterocycles. The number of nitrogens with zero attached hydrogens (tertiary/aromatic N) is 1. The molecule has 1 heterocycles. The van der Waals surface area contributed by atoms with Gasteiger partial charge in [0, 0.05) is 15.4 Å². The standard InChI is InChI=1S/C19H17BrN2O4S/c1-24-15-7-5-12(20)9-13(15)18(23)22-19-21-14(10-27-19)11-4-6-16(25-2)17(8-11)26-3/h4-10H,1-3H3,(H,21,22,23). The highest BCUT2D eigenvalue weighted by Crippen LogP contribution is 2.33. The van der Waals surface area contributed by atoms with E-state index in [9.17, 15) is 4.79 Å². The summed E-state index contributed by atoms with van der Waals surface area (Å²) in [6.07, 6.45) is 0. The van der Waals surface area contributed by atoms with Gasteiger partial charge in [-0.2, -0.15) is 0 Å². The van der Waals surface area contributed by atoms with Gasteiger partial charge in [0.05, 0.1) is 32.6 Å². The van der Waals surface area contributed by atoms with Crippen LogP contribution in [0.2, 0.25) is 0 Å². The highest BCUT2D eigenvalue weighted by atomic mass is 79.9. The molecular weight excluding hydrogens is 432 g/mol. The summed E-state index contributed by atoms with van der Waals surface area (Å²) in [7, 11) is 4.70. The summed E-state index contributed by atoms with van der Waals surface area (Å²) >= 11 is 4.71. The molecule has 0 aliphatic heterocycles. The molecule has 0 bridgehead atoms. The van der Waals surface area contributed by atoms with Gasteiger partial charge in [0.15, 0.2) is 16.6 Å². The number of amides is 1. The molecule has 3 rings (SSSR count). The molecule has 6 nitrogen and oxygen atoms in total. The molecule has 0 unspecified atom stereocenters. The first-order chi connectivity index (χ1) is 13.0. The minimum absolute atomic E-state index is 0.290. The number of hydrogen-bond acceptors (Lipinski definition) is 6. The Labute approximate surface area is 169 Å². The lowest BCUT2D eigenvalue weighted by molar-refractivity contribution is 0.102. The zero-order valence-corrected chi connectivity index (χ0v) is 17.3. The fraction of sp³-hybridized carbons (Fsp3) is 0.158. The highest BCUT2D eigenvalue weighted by molar-refractivity contribution is 9.10. The van der Waals surface area contributed by atoms with Gasteiger partial charge in [0.1, 0.15) is 5.75 Å². The Kier molecular flexibility index (Phi) is 5.98. The molecule has 0 aliphatic carbocycles. The average Bonchev–Trinajstić information content (AvgIpc) is 3.15. The summed E-state index contributed by atoms with van der Waals surface area (Å²) in [6, 6.07) is 10.8. The van der Waals surface area contributed by atoms with Crippen molar-refractivity contribution in [3.8, 4) is 28.5 Å². The Morgan fingerprint density at radius 3 is 2.41 bits per heavy atom. The number of hydrogen-bond donors (Lipinski definition) is 1. The third-order valence-electron chi connectivity index (χ3n) is 3.81. The minimum Gasteiger partial charge on any atom is -0.496 e. The summed E-state index contributed by atoms with van der Waals surface area (Å²) in [5.74, 6) is 1.47. The van der Waals surface area contributed by atoms with E-state index in [0.717, 1.165) is 15.7 Å². The molecule has 0 saturated carbocycles. The fourth-order valence-electron chi connectivity index (χ4n) is 2.48. The molecule has 140 valence electrons. The monoisotopic (exact) mass is 448 g/mol. The first kappa shape index (κ1) is 19.2. The van der Waals surface area contributed by atoms with Gasteiger partial charge in [-0.1, -0.05) is 15.9 Å². The molecule has 0 aliphatic rings. The molecule has 0 atom stereocenters. The van der Waals surface area contributed by atoms with Gasteiger partial charge in [-0.3, -0.25) is 10.1 Å². The maximum atomic E-state index is 12.6. The molecule has 0 saturated heterocycles. The van der Waals surface area contributed by atoms with Gasteiger partial charge in [-0.25, -0.2) is 4.98 Å². The van der Waals surface area contributed by atoms with Crippen molar-refractivity contribution in [3.63, 3.8) is 0 Å². The van der Waals surface area contributed by atoms with Crippen LogP contribution in [0.15, 0.2) is 46.3 Å². The molecule has 27 heavy (non-hydrogen) atoms. The number of halogens is 1. The predicted molar refractivity (Wildman–Crippen MR) is 109 cm³/mol. The molecule has 0 spiro atoms. The SMILES string of the molecule is COc1ccc(-c2csc(NC(=O)c3cc(Br)ccc3OC)n2)cc1OC. The number of ether oxygens (including phenoxy) is 3. The Bertz CT molecular complexity index is 974. The highest BCUT2D eigenvalue weighted by Gasteiger charge is 2.15. The van der Waals surface area contributed by atoms with Gasteiger partial charge < -0.3 is 14.2 Å². The van der Waals surface area contributed by atoms with E-state index in [1.165, 1.54) is 18.4 Å². The number of carbonyl (C=O) groups is 1. The number of nitrogens with one attached hydrogen (secondary N) is 1. The maximum absolute atomic E-state index is 12.6. The van der Waals surface area contributed by atoms with Crippen LogP contribution in [0.25, 0.3) is 11.3 Å². The smallest absolute Gasteiger partial charge is 0.261 e. The van der Waals surface area contributed by atoms with Crippen LogP contribution in [0.3, 0.4) is 0 Å². The number of anilines is 1. The third kappa shape index (κ3) is 4.23. The lowest BCUT2D eigenvalue weighted by Crippen LogP contribution is -2.13. The van der Waals surface area contributed by atoms with E-state index in [1.807, 2.05) is 29.6 Å². The molecule has 8 heteroatoms. The average molecular weight is 449 g/mol. The Hall–Kier alpha value is -2.58. The van der Waals surface area contributed by atoms with Crippen LogP contribution in [-0.4, -0.2) is 32.2 Å². The normalized spacial score (nSPS) is 10.4. The maximum Gasteiger partial charge on any atom is 0.261 e. The van der Waals surface area contributed by atoms with Crippen molar-refractivity contribution in [2.75, 3.05) is 26.6 Å². The summed E-state index contributed by atoms with van der Waals surface area (Å²) in [4.78, 5) is 17.1. The van der Waals surface area contributed by atoms with Gasteiger partial charge in [-0.05, 0) is 36.4 Å². The lowest BCUT2D eigenvalue weighted by Gasteiger charge is -2.09. The molecule has 0 fully saturated rings. The number of methoxy groups -OCH3 is 3. The van der Waals surface area contributed by atoms with Crippen LogP contribution in [-0.2, 0) is 0 Å². The Morgan fingerprint density at radius 2 is 1.70 bits per heavy atom. The quantitative estimate of drug-likeness (QED) is 0.583. The molecule has 3 aromatic rings. The fourth-order valence-corrected chi connectivity index (χ4v) is 3.56. The molecule has 2 aromatic carbocycles. The van der Waals surface area contributed by atoms with Gasteiger partial charge in [-0.15, -0.1) is 11.3 Å². The second kappa shape index (κ2) is 8.41. The number of rotatable bonds is 6. The van der Waals surface area contributed by atoms with Gasteiger partial charge in [0.25, 0.3) is 5.91 Å². The van der Waals surface area contributed by atoms with E-state index in [2.05, 4.69) is 26.2 Å². The number of benzene rings is 2. The third-order valence-corrected chi connectivity index (χ3v) is 5.06. The Balaban J connectivity index is 1.82. The first-order valence-electron chi connectivity index (χ1n) is 7.88. The Morgan fingerprint density at radius 1 is 1.00 bits per heavy atom. The van der Waals surface area contributed by atoms with Crippen molar-refractivity contribution in [1.29, 1.82) is 0 Å². The van der Waals surface area contributed by atoms with Crippen molar-refractivity contribution >= 4 is 38.3 Å². The molecule has 1 N–H and O–H groups in total. The van der Waals surface area contributed by atoms with Crippen molar-refractivity contribution in [1.82, 2.24) is 4.98 Å².